The van der Waals surface area contributed by atoms with Crippen LogP contribution in [-0.2, 0) is 0 Å². The van der Waals surface area contributed by atoms with Gasteiger partial charge in [-0.1, -0.05) is 19.1 Å². The monoisotopic (exact) mass is 432 g/mol. The highest BCUT2D eigenvalue weighted by atomic mass is 19.1. The Morgan fingerprint density at radius 1 is 1.09 bits per heavy atom. The Bertz CT molecular complexity index is 1490. The summed E-state index contributed by atoms with van der Waals surface area (Å²) in [5, 5.41) is 3.80. The van der Waals surface area contributed by atoms with Gasteiger partial charge in [0.2, 0.25) is 0 Å². The Kier molecular flexibility index (Phi) is 4.85. The van der Waals surface area contributed by atoms with Crippen molar-refractivity contribution in [2.45, 2.75) is 19.4 Å². The molecule has 0 fully saturated rings. The maximum atomic E-state index is 14.6. The molecule has 1 unspecified atom stereocenters. The number of benzene rings is 2. The van der Waals surface area contributed by atoms with Gasteiger partial charge in [-0.2, -0.15) is 0 Å². The fourth-order valence-electron chi connectivity index (χ4n) is 3.87. The van der Waals surface area contributed by atoms with Crippen molar-refractivity contribution < 1.29 is 8.78 Å². The summed E-state index contributed by atoms with van der Waals surface area (Å²) in [4.78, 5) is 29.1. The molecule has 0 bridgehead atoms. The fraction of sp³-hybridized carbons (Fsp3) is 0.130. The van der Waals surface area contributed by atoms with Gasteiger partial charge in [0, 0.05) is 11.4 Å². The summed E-state index contributed by atoms with van der Waals surface area (Å²) < 4.78 is 29.6. The Balaban J connectivity index is 1.74. The molecule has 3 heterocycles. The largest absolute Gasteiger partial charge is 0.360 e. The number of H-pyrrole nitrogens is 1. The Hall–Kier alpha value is -4.14. The van der Waals surface area contributed by atoms with E-state index in [1.165, 1.54) is 47.6 Å². The van der Waals surface area contributed by atoms with Crippen molar-refractivity contribution in [1.29, 1.82) is 0 Å². The third kappa shape index (κ3) is 3.27. The number of anilines is 1. The molecular weight excluding hydrogens is 414 g/mol. The zero-order chi connectivity index (χ0) is 22.2. The molecule has 0 aliphatic carbocycles. The number of hydrogen-bond acceptors (Lipinski definition) is 5. The van der Waals surface area contributed by atoms with Crippen LogP contribution in [0.15, 0.2) is 66.0 Å². The lowest BCUT2D eigenvalue weighted by molar-refractivity contribution is 0.625. The van der Waals surface area contributed by atoms with Crippen LogP contribution in [0.4, 0.5) is 14.6 Å². The van der Waals surface area contributed by atoms with Gasteiger partial charge in [-0.25, -0.2) is 23.7 Å². The maximum Gasteiger partial charge on any atom is 0.266 e. The van der Waals surface area contributed by atoms with Gasteiger partial charge < -0.3 is 10.3 Å². The minimum absolute atomic E-state index is 0.0212. The summed E-state index contributed by atoms with van der Waals surface area (Å²) in [6, 6.07) is 11.4. The second-order valence-corrected chi connectivity index (χ2v) is 7.32. The standard InChI is InChI=1S/C23H18F2N6O/c1-2-17(30-22-20-21(27-11-26-20)28-12-29-22)18-10-13-4-3-5-16(25)19(13)23(32)31(18)15-8-6-14(24)7-9-15/h3-12,17H,2H2,1H3,(H2,26,27,28,29,30). The van der Waals surface area contributed by atoms with Crippen LogP contribution >= 0.6 is 0 Å². The number of nitrogens with one attached hydrogen (secondary N) is 2. The van der Waals surface area contributed by atoms with Crippen LogP contribution in [0.2, 0.25) is 0 Å². The van der Waals surface area contributed by atoms with Crippen LogP contribution in [0.25, 0.3) is 27.6 Å². The van der Waals surface area contributed by atoms with E-state index in [-0.39, 0.29) is 11.4 Å². The van der Waals surface area contributed by atoms with Gasteiger partial charge in [0.15, 0.2) is 11.5 Å². The van der Waals surface area contributed by atoms with Crippen LogP contribution in [0.1, 0.15) is 25.1 Å². The molecule has 0 aliphatic rings. The Labute approximate surface area is 180 Å². The van der Waals surface area contributed by atoms with Crippen LogP contribution in [0.3, 0.4) is 0 Å². The molecule has 7 nitrogen and oxygen atoms in total. The summed E-state index contributed by atoms with van der Waals surface area (Å²) in [7, 11) is 0. The van der Waals surface area contributed by atoms with E-state index < -0.39 is 17.2 Å². The number of imidazole rings is 1. The molecule has 0 spiro atoms. The van der Waals surface area contributed by atoms with Gasteiger partial charge in [0.05, 0.1) is 17.8 Å². The zero-order valence-corrected chi connectivity index (χ0v) is 17.0. The predicted octanol–water partition coefficient (Wildman–Crippen LogP) is 4.50. The first-order chi connectivity index (χ1) is 15.6. The number of hydrogen-bond donors (Lipinski definition) is 2. The van der Waals surface area contributed by atoms with Crippen molar-refractivity contribution in [2.75, 3.05) is 5.32 Å². The van der Waals surface area contributed by atoms with Crippen molar-refractivity contribution in [3.8, 4) is 5.69 Å². The molecule has 5 aromatic rings. The molecule has 2 aromatic carbocycles. The van der Waals surface area contributed by atoms with E-state index in [1.807, 2.05) is 6.92 Å². The van der Waals surface area contributed by atoms with Crippen molar-refractivity contribution >= 4 is 27.8 Å². The van der Waals surface area contributed by atoms with E-state index in [0.717, 1.165) is 0 Å². The minimum Gasteiger partial charge on any atom is -0.360 e. The van der Waals surface area contributed by atoms with E-state index in [4.69, 9.17) is 0 Å². The van der Waals surface area contributed by atoms with Crippen LogP contribution in [0.5, 0.6) is 0 Å². The van der Waals surface area contributed by atoms with E-state index in [2.05, 4.69) is 25.3 Å². The molecule has 0 aliphatic heterocycles. The van der Waals surface area contributed by atoms with Crippen molar-refractivity contribution in [2.24, 2.45) is 0 Å². The minimum atomic E-state index is -0.607. The second kappa shape index (κ2) is 7.84. The van der Waals surface area contributed by atoms with Crippen LogP contribution < -0.4 is 10.9 Å². The van der Waals surface area contributed by atoms with Gasteiger partial charge >= 0.3 is 0 Å². The molecule has 1 atom stereocenters. The summed E-state index contributed by atoms with van der Waals surface area (Å²) in [6.45, 7) is 1.95. The molecule has 0 saturated carbocycles. The Morgan fingerprint density at radius 2 is 1.91 bits per heavy atom. The van der Waals surface area contributed by atoms with Crippen LogP contribution in [0, 0.1) is 11.6 Å². The molecule has 0 saturated heterocycles. The average Bonchev–Trinajstić information content (AvgIpc) is 3.28. The highest BCUT2D eigenvalue weighted by molar-refractivity contribution is 5.84. The predicted molar refractivity (Wildman–Crippen MR) is 118 cm³/mol. The smallest absolute Gasteiger partial charge is 0.266 e. The number of aromatic nitrogens is 5. The van der Waals surface area contributed by atoms with E-state index in [0.29, 0.717) is 40.2 Å². The zero-order valence-electron chi connectivity index (χ0n) is 17.0. The summed E-state index contributed by atoms with van der Waals surface area (Å²) >= 11 is 0. The summed E-state index contributed by atoms with van der Waals surface area (Å²) in [5.74, 6) is -0.534. The molecule has 160 valence electrons. The highest BCUT2D eigenvalue weighted by Gasteiger charge is 2.21. The van der Waals surface area contributed by atoms with Crippen molar-refractivity contribution in [1.82, 2.24) is 24.5 Å². The number of nitrogens with zero attached hydrogens (tertiary/aromatic N) is 4. The van der Waals surface area contributed by atoms with Gasteiger partial charge in [-0.05, 0) is 48.2 Å². The molecule has 9 heteroatoms. The number of fused-ring (bicyclic) bond motifs is 2. The molecule has 5 rings (SSSR count). The van der Waals surface area contributed by atoms with Gasteiger partial charge in [-0.15, -0.1) is 0 Å². The normalized spacial score (nSPS) is 12.3. The van der Waals surface area contributed by atoms with Crippen LogP contribution in [-0.4, -0.2) is 24.5 Å². The van der Waals surface area contributed by atoms with Gasteiger partial charge in [0.25, 0.3) is 5.56 Å². The van der Waals surface area contributed by atoms with E-state index in [1.54, 1.807) is 18.2 Å². The highest BCUT2D eigenvalue weighted by Crippen LogP contribution is 2.28. The molecular formula is C23H18F2N6O. The maximum absolute atomic E-state index is 14.6. The molecule has 32 heavy (non-hydrogen) atoms. The van der Waals surface area contributed by atoms with E-state index in [9.17, 15) is 13.6 Å². The summed E-state index contributed by atoms with van der Waals surface area (Å²) in [6.07, 6.45) is 3.52. The number of halogens is 2. The lowest BCUT2D eigenvalue weighted by Gasteiger charge is -2.23. The van der Waals surface area contributed by atoms with Crippen molar-refractivity contribution in [3.63, 3.8) is 0 Å². The number of rotatable bonds is 5. The first kappa shape index (κ1) is 19.8. The third-order valence-corrected chi connectivity index (χ3v) is 5.40. The fourth-order valence-corrected chi connectivity index (χ4v) is 3.87. The molecule has 2 N–H and O–H groups in total. The topological polar surface area (TPSA) is 88.5 Å². The lowest BCUT2D eigenvalue weighted by atomic mass is 10.0. The quantitative estimate of drug-likeness (QED) is 0.427. The first-order valence-corrected chi connectivity index (χ1v) is 10.1. The first-order valence-electron chi connectivity index (χ1n) is 10.1. The number of pyridine rings is 1. The SMILES string of the molecule is CCC(Nc1ncnc2[nH]cnc12)c1cc2cccc(F)c2c(=O)n1-c1ccc(F)cc1. The molecule has 3 aromatic heterocycles. The molecule has 0 radical (unpaired) electrons. The van der Waals surface area contributed by atoms with E-state index >= 15 is 0 Å². The van der Waals surface area contributed by atoms with Crippen molar-refractivity contribution in [3.05, 3.63) is 88.9 Å². The Morgan fingerprint density at radius 3 is 2.69 bits per heavy atom. The third-order valence-electron chi connectivity index (χ3n) is 5.40. The van der Waals surface area contributed by atoms with Gasteiger partial charge in [0.1, 0.15) is 23.5 Å². The summed E-state index contributed by atoms with van der Waals surface area (Å²) in [5.41, 5.74) is 1.64. The molecule has 0 amide bonds. The number of aromatic amines is 1. The average molecular weight is 432 g/mol. The second-order valence-electron chi connectivity index (χ2n) is 7.32. The van der Waals surface area contributed by atoms with Gasteiger partial charge in [-0.3, -0.25) is 9.36 Å². The lowest BCUT2D eigenvalue weighted by Crippen LogP contribution is -2.27.